The van der Waals surface area contributed by atoms with Crippen LogP contribution in [-0.4, -0.2) is 18.4 Å². The minimum Gasteiger partial charge on any atom is -0.389 e. The lowest BCUT2D eigenvalue weighted by atomic mass is 10.1. The highest BCUT2D eigenvalue weighted by Crippen LogP contribution is 2.17. The largest absolute Gasteiger partial charge is 0.389 e. The maximum absolute atomic E-state index is 13.4. The molecule has 1 aromatic heterocycles. The molecule has 0 saturated heterocycles. The molecule has 0 unspecified atom stereocenters. The molecular formula is C13H12FN3O2S2. The number of nitrogens with one attached hydrogen (secondary N) is 1. The summed E-state index contributed by atoms with van der Waals surface area (Å²) >= 11 is 4.88. The van der Waals surface area contributed by atoms with Crippen molar-refractivity contribution in [2.45, 2.75) is 5.75 Å². The van der Waals surface area contributed by atoms with Gasteiger partial charge in [0, 0.05) is 11.8 Å². The molecule has 0 fully saturated rings. The van der Waals surface area contributed by atoms with E-state index in [2.05, 4.69) is 9.71 Å². The van der Waals surface area contributed by atoms with Crippen LogP contribution >= 0.6 is 12.2 Å². The predicted molar refractivity (Wildman–Crippen MR) is 82.8 cm³/mol. The van der Waals surface area contributed by atoms with Gasteiger partial charge in [-0.1, -0.05) is 36.5 Å². The number of anilines is 1. The van der Waals surface area contributed by atoms with Gasteiger partial charge in [0.25, 0.3) is 0 Å². The van der Waals surface area contributed by atoms with Gasteiger partial charge in [0.1, 0.15) is 4.99 Å². The van der Waals surface area contributed by atoms with Crippen LogP contribution < -0.4 is 10.5 Å². The number of hydrogen-bond donors (Lipinski definition) is 2. The average molecular weight is 325 g/mol. The van der Waals surface area contributed by atoms with Crippen LogP contribution in [0.15, 0.2) is 42.7 Å². The van der Waals surface area contributed by atoms with E-state index in [0.29, 0.717) is 11.1 Å². The lowest BCUT2D eigenvalue weighted by Crippen LogP contribution is -2.19. The number of nitrogens with zero attached hydrogens (tertiary/aromatic N) is 1. The van der Waals surface area contributed by atoms with Crippen molar-refractivity contribution in [3.8, 4) is 0 Å². The van der Waals surface area contributed by atoms with E-state index >= 15 is 0 Å². The van der Waals surface area contributed by atoms with Crippen molar-refractivity contribution in [3.63, 3.8) is 0 Å². The molecule has 110 valence electrons. The number of pyridine rings is 1. The van der Waals surface area contributed by atoms with Crippen LogP contribution in [-0.2, 0) is 15.8 Å². The highest BCUT2D eigenvalue weighted by Gasteiger charge is 2.16. The zero-order valence-electron chi connectivity index (χ0n) is 10.8. The van der Waals surface area contributed by atoms with Gasteiger partial charge in [0.2, 0.25) is 10.0 Å². The number of benzene rings is 1. The fourth-order valence-corrected chi connectivity index (χ4v) is 3.19. The Hall–Kier alpha value is -2.06. The SMILES string of the molecule is NC(=S)c1ccccc1CS(=O)(=O)Nc1ccncc1F. The Kier molecular flexibility index (Phi) is 4.49. The van der Waals surface area contributed by atoms with Gasteiger partial charge >= 0.3 is 0 Å². The van der Waals surface area contributed by atoms with Crippen molar-refractivity contribution in [1.29, 1.82) is 0 Å². The van der Waals surface area contributed by atoms with Crippen LogP contribution in [0.1, 0.15) is 11.1 Å². The first-order chi connectivity index (χ1) is 9.89. The number of nitrogens with two attached hydrogens (primary N) is 1. The summed E-state index contributed by atoms with van der Waals surface area (Å²) in [6, 6.07) is 7.88. The van der Waals surface area contributed by atoms with Crippen LogP contribution in [0.5, 0.6) is 0 Å². The second-order valence-electron chi connectivity index (χ2n) is 4.24. The van der Waals surface area contributed by atoms with Crippen LogP contribution in [0, 0.1) is 5.82 Å². The van der Waals surface area contributed by atoms with Crippen LogP contribution in [0.3, 0.4) is 0 Å². The van der Waals surface area contributed by atoms with Crippen molar-refractivity contribution in [1.82, 2.24) is 4.98 Å². The lowest BCUT2D eigenvalue weighted by molar-refractivity contribution is 0.597. The third-order valence-electron chi connectivity index (χ3n) is 2.67. The van der Waals surface area contributed by atoms with E-state index in [1.54, 1.807) is 24.3 Å². The maximum Gasteiger partial charge on any atom is 0.237 e. The molecule has 0 aliphatic heterocycles. The normalized spacial score (nSPS) is 11.1. The zero-order chi connectivity index (χ0) is 15.5. The average Bonchev–Trinajstić information content (AvgIpc) is 2.41. The Labute approximate surface area is 127 Å². The molecule has 0 aliphatic rings. The Morgan fingerprint density at radius 2 is 2.05 bits per heavy atom. The van der Waals surface area contributed by atoms with Crippen LogP contribution in [0.2, 0.25) is 0 Å². The van der Waals surface area contributed by atoms with E-state index < -0.39 is 15.8 Å². The van der Waals surface area contributed by atoms with E-state index in [4.69, 9.17) is 18.0 Å². The third-order valence-corrected chi connectivity index (χ3v) is 4.11. The minimum absolute atomic E-state index is 0.107. The van der Waals surface area contributed by atoms with Gasteiger partial charge < -0.3 is 5.73 Å². The first kappa shape index (κ1) is 15.3. The summed E-state index contributed by atoms with van der Waals surface area (Å²) in [5.74, 6) is -1.11. The van der Waals surface area contributed by atoms with Gasteiger partial charge in [0.15, 0.2) is 5.82 Å². The quantitative estimate of drug-likeness (QED) is 0.819. The number of halogens is 1. The second kappa shape index (κ2) is 6.15. The number of rotatable bonds is 5. The van der Waals surface area contributed by atoms with E-state index in [-0.39, 0.29) is 16.4 Å². The number of aromatic nitrogens is 1. The van der Waals surface area contributed by atoms with Gasteiger partial charge in [-0.05, 0) is 11.6 Å². The van der Waals surface area contributed by atoms with Crippen molar-refractivity contribution in [3.05, 3.63) is 59.7 Å². The maximum atomic E-state index is 13.4. The van der Waals surface area contributed by atoms with Gasteiger partial charge in [-0.2, -0.15) is 0 Å². The molecule has 3 N–H and O–H groups in total. The molecule has 8 heteroatoms. The monoisotopic (exact) mass is 325 g/mol. The predicted octanol–water partition coefficient (Wildman–Crippen LogP) is 1.80. The first-order valence-electron chi connectivity index (χ1n) is 5.87. The van der Waals surface area contributed by atoms with Gasteiger partial charge in [-0.3, -0.25) is 9.71 Å². The highest BCUT2D eigenvalue weighted by atomic mass is 32.2. The van der Waals surface area contributed by atoms with Crippen LogP contribution in [0.25, 0.3) is 0 Å². The van der Waals surface area contributed by atoms with Crippen molar-refractivity contribution < 1.29 is 12.8 Å². The lowest BCUT2D eigenvalue weighted by Gasteiger charge is -2.11. The molecule has 2 rings (SSSR count). The zero-order valence-corrected chi connectivity index (χ0v) is 12.4. The Morgan fingerprint density at radius 1 is 1.33 bits per heavy atom. The summed E-state index contributed by atoms with van der Waals surface area (Å²) < 4.78 is 39.8. The molecule has 0 radical (unpaired) electrons. The van der Waals surface area contributed by atoms with E-state index in [9.17, 15) is 12.8 Å². The van der Waals surface area contributed by atoms with Crippen molar-refractivity contribution in [2.24, 2.45) is 5.73 Å². The Balaban J connectivity index is 2.27. The van der Waals surface area contributed by atoms with Crippen LogP contribution in [0.4, 0.5) is 10.1 Å². The molecule has 0 bridgehead atoms. The summed E-state index contributed by atoms with van der Waals surface area (Å²) in [5.41, 5.74) is 6.33. The molecule has 0 spiro atoms. The van der Waals surface area contributed by atoms with Crippen molar-refractivity contribution >= 4 is 32.9 Å². The van der Waals surface area contributed by atoms with E-state index in [0.717, 1.165) is 6.20 Å². The summed E-state index contributed by atoms with van der Waals surface area (Å²) in [5, 5.41) is 0. The van der Waals surface area contributed by atoms with Gasteiger partial charge in [-0.15, -0.1) is 0 Å². The molecule has 2 aromatic rings. The topological polar surface area (TPSA) is 85.1 Å². The first-order valence-corrected chi connectivity index (χ1v) is 7.93. The number of sulfonamides is 1. The number of thiocarbonyl (C=S) groups is 1. The fraction of sp³-hybridized carbons (Fsp3) is 0.0769. The molecular weight excluding hydrogens is 313 g/mol. The molecule has 5 nitrogen and oxygen atoms in total. The summed E-state index contributed by atoms with van der Waals surface area (Å²) in [6.07, 6.45) is 2.23. The molecule has 0 saturated carbocycles. The smallest absolute Gasteiger partial charge is 0.237 e. The Bertz CT molecular complexity index is 778. The Morgan fingerprint density at radius 3 is 2.71 bits per heavy atom. The molecule has 1 aromatic carbocycles. The molecule has 0 atom stereocenters. The van der Waals surface area contributed by atoms with Crippen molar-refractivity contribution in [2.75, 3.05) is 4.72 Å². The summed E-state index contributed by atoms with van der Waals surface area (Å²) in [6.45, 7) is 0. The third kappa shape index (κ3) is 3.96. The van der Waals surface area contributed by atoms with Gasteiger partial charge in [0.05, 0.1) is 17.6 Å². The number of hydrogen-bond acceptors (Lipinski definition) is 4. The standard InChI is InChI=1S/C13H12FN3O2S2/c14-11-7-16-6-5-12(11)17-21(18,19)8-9-3-1-2-4-10(9)13(15)20/h1-7H,8H2,(H2,15,20)(H,16,17). The van der Waals surface area contributed by atoms with Gasteiger partial charge in [-0.25, -0.2) is 12.8 Å². The molecule has 1 heterocycles. The molecule has 21 heavy (non-hydrogen) atoms. The fourth-order valence-electron chi connectivity index (χ4n) is 1.75. The van der Waals surface area contributed by atoms with E-state index in [1.165, 1.54) is 12.3 Å². The summed E-state index contributed by atoms with van der Waals surface area (Å²) in [7, 11) is -3.80. The second-order valence-corrected chi connectivity index (χ2v) is 6.40. The van der Waals surface area contributed by atoms with E-state index in [1.807, 2.05) is 0 Å². The minimum atomic E-state index is -3.80. The summed E-state index contributed by atoms with van der Waals surface area (Å²) in [4.78, 5) is 3.66. The highest BCUT2D eigenvalue weighted by molar-refractivity contribution is 7.91. The molecule has 0 aliphatic carbocycles. The molecule has 0 amide bonds.